The van der Waals surface area contributed by atoms with Gasteiger partial charge in [0, 0.05) is 58.4 Å². The van der Waals surface area contributed by atoms with E-state index in [4.69, 9.17) is 14.3 Å². The van der Waals surface area contributed by atoms with Gasteiger partial charge in [-0.15, -0.1) is 0 Å². The third kappa shape index (κ3) is 6.09. The molecule has 4 rings (SSSR count). The Hall–Kier alpha value is -2.42. The fourth-order valence-electron chi connectivity index (χ4n) is 4.37. The molecular weight excluding hydrogens is 404 g/mol. The number of hydrogen-bond acceptors (Lipinski definition) is 6. The minimum atomic E-state index is 0.265. The van der Waals surface area contributed by atoms with Crippen LogP contribution in [0.25, 0.3) is 0 Å². The molecular formula is C24H36N6O2. The van der Waals surface area contributed by atoms with Crippen molar-refractivity contribution < 1.29 is 9.26 Å². The number of morpholine rings is 1. The summed E-state index contributed by atoms with van der Waals surface area (Å²) in [5, 5.41) is 7.56. The van der Waals surface area contributed by atoms with E-state index in [0.717, 1.165) is 83.8 Å². The van der Waals surface area contributed by atoms with Crippen LogP contribution >= 0.6 is 0 Å². The molecule has 0 spiro atoms. The van der Waals surface area contributed by atoms with E-state index in [2.05, 4.69) is 63.3 Å². The van der Waals surface area contributed by atoms with Gasteiger partial charge in [-0.05, 0) is 19.4 Å². The van der Waals surface area contributed by atoms with E-state index in [-0.39, 0.29) is 6.04 Å². The molecule has 2 aliphatic heterocycles. The van der Waals surface area contributed by atoms with Gasteiger partial charge in [0.15, 0.2) is 5.96 Å². The Balaban J connectivity index is 1.42. The summed E-state index contributed by atoms with van der Waals surface area (Å²) in [7, 11) is 0. The van der Waals surface area contributed by atoms with Crippen LogP contribution in [0.5, 0.6) is 0 Å². The van der Waals surface area contributed by atoms with Crippen molar-refractivity contribution in [1.82, 2.24) is 25.2 Å². The summed E-state index contributed by atoms with van der Waals surface area (Å²) in [6.45, 7) is 14.1. The lowest BCUT2D eigenvalue weighted by molar-refractivity contribution is 0.0179. The number of aromatic nitrogens is 1. The largest absolute Gasteiger partial charge is 0.379 e. The molecule has 2 aromatic rings. The zero-order valence-electron chi connectivity index (χ0n) is 19.4. The Labute approximate surface area is 191 Å². The topological polar surface area (TPSA) is 69.4 Å². The molecule has 1 aromatic carbocycles. The van der Waals surface area contributed by atoms with Crippen molar-refractivity contribution in [2.75, 3.05) is 65.6 Å². The molecule has 2 aliphatic rings. The number of rotatable bonds is 7. The van der Waals surface area contributed by atoms with Gasteiger partial charge in [-0.3, -0.25) is 14.8 Å². The molecule has 0 bridgehead atoms. The Bertz CT molecular complexity index is 825. The van der Waals surface area contributed by atoms with Crippen LogP contribution in [-0.2, 0) is 11.3 Å². The summed E-state index contributed by atoms with van der Waals surface area (Å²) in [5.74, 6) is 1.01. The maximum Gasteiger partial charge on any atom is 0.194 e. The van der Waals surface area contributed by atoms with Crippen molar-refractivity contribution in [3.05, 3.63) is 53.4 Å². The molecule has 0 saturated carbocycles. The summed E-state index contributed by atoms with van der Waals surface area (Å²) in [4.78, 5) is 12.4. The summed E-state index contributed by atoms with van der Waals surface area (Å²) >= 11 is 0. The highest BCUT2D eigenvalue weighted by molar-refractivity contribution is 5.80. The number of aliphatic imine (C=N–C) groups is 1. The first-order chi connectivity index (χ1) is 15.7. The van der Waals surface area contributed by atoms with E-state index in [1.54, 1.807) is 6.26 Å². The van der Waals surface area contributed by atoms with Gasteiger partial charge in [0.2, 0.25) is 0 Å². The van der Waals surface area contributed by atoms with Gasteiger partial charge in [0.25, 0.3) is 0 Å². The van der Waals surface area contributed by atoms with E-state index < -0.39 is 0 Å². The maximum absolute atomic E-state index is 5.60. The second-order valence-corrected chi connectivity index (χ2v) is 8.52. The van der Waals surface area contributed by atoms with Crippen LogP contribution in [0, 0.1) is 6.92 Å². The fraction of sp³-hybridized carbons (Fsp3) is 0.583. The molecule has 174 valence electrons. The second-order valence-electron chi connectivity index (χ2n) is 8.52. The lowest BCUT2D eigenvalue weighted by atomic mass is 10.0. The van der Waals surface area contributed by atoms with Crippen molar-refractivity contribution in [3.8, 4) is 0 Å². The van der Waals surface area contributed by atoms with Crippen molar-refractivity contribution in [1.29, 1.82) is 0 Å². The predicted molar refractivity (Wildman–Crippen MR) is 126 cm³/mol. The standard InChI is InChI=1S/C24H36N6O2/c1-3-25-24(30-11-9-28(10-12-30)19-22-8-15-32-27-22)26-18-23(29-13-16-31-17-14-29)21-6-4-20(2)5-7-21/h4-8,15,23H,3,9-14,16-19H2,1-2H3,(H,25,26). The van der Waals surface area contributed by atoms with E-state index in [1.807, 2.05) is 6.07 Å². The molecule has 2 fully saturated rings. The molecule has 1 atom stereocenters. The summed E-state index contributed by atoms with van der Waals surface area (Å²) < 4.78 is 10.6. The zero-order chi connectivity index (χ0) is 22.2. The molecule has 0 radical (unpaired) electrons. The lowest BCUT2D eigenvalue weighted by Gasteiger charge is -2.37. The molecule has 8 heteroatoms. The molecule has 0 amide bonds. The third-order valence-electron chi connectivity index (χ3n) is 6.25. The van der Waals surface area contributed by atoms with Gasteiger partial charge in [0.1, 0.15) is 6.26 Å². The molecule has 8 nitrogen and oxygen atoms in total. The van der Waals surface area contributed by atoms with Crippen molar-refractivity contribution in [2.24, 2.45) is 4.99 Å². The number of hydrogen-bond donors (Lipinski definition) is 1. The first-order valence-electron chi connectivity index (χ1n) is 11.8. The van der Waals surface area contributed by atoms with Crippen LogP contribution in [-0.4, -0.2) is 91.4 Å². The van der Waals surface area contributed by atoms with Gasteiger partial charge in [0.05, 0.1) is 31.5 Å². The number of piperazine rings is 1. The van der Waals surface area contributed by atoms with E-state index in [9.17, 15) is 0 Å². The first kappa shape index (κ1) is 22.8. The number of ether oxygens (including phenoxy) is 1. The fourth-order valence-corrected chi connectivity index (χ4v) is 4.37. The van der Waals surface area contributed by atoms with Gasteiger partial charge in [-0.1, -0.05) is 35.0 Å². The van der Waals surface area contributed by atoms with Crippen molar-refractivity contribution in [3.63, 3.8) is 0 Å². The predicted octanol–water partition coefficient (Wildman–Crippen LogP) is 2.14. The average Bonchev–Trinajstić information content (AvgIpc) is 3.34. The zero-order valence-corrected chi connectivity index (χ0v) is 19.4. The normalized spacial score (nSPS) is 19.8. The SMILES string of the molecule is CCNC(=NCC(c1ccc(C)cc1)N1CCOCC1)N1CCN(Cc2ccon2)CC1. The Morgan fingerprint density at radius 1 is 1.06 bits per heavy atom. The number of benzene rings is 1. The average molecular weight is 441 g/mol. The van der Waals surface area contributed by atoms with Crippen LogP contribution in [0.4, 0.5) is 0 Å². The highest BCUT2D eigenvalue weighted by Crippen LogP contribution is 2.23. The number of nitrogens with zero attached hydrogens (tertiary/aromatic N) is 5. The molecule has 3 heterocycles. The molecule has 1 aromatic heterocycles. The summed E-state index contributed by atoms with van der Waals surface area (Å²) in [5.41, 5.74) is 3.61. The Kier molecular flexibility index (Phi) is 8.14. The van der Waals surface area contributed by atoms with Crippen LogP contribution in [0.2, 0.25) is 0 Å². The van der Waals surface area contributed by atoms with Gasteiger partial charge in [-0.25, -0.2) is 0 Å². The van der Waals surface area contributed by atoms with Crippen LogP contribution in [0.15, 0.2) is 46.1 Å². The maximum atomic E-state index is 5.60. The molecule has 1 unspecified atom stereocenters. The molecule has 2 saturated heterocycles. The smallest absolute Gasteiger partial charge is 0.194 e. The van der Waals surface area contributed by atoms with Crippen LogP contribution in [0.1, 0.15) is 29.8 Å². The van der Waals surface area contributed by atoms with Gasteiger partial charge < -0.3 is 19.5 Å². The quantitative estimate of drug-likeness (QED) is 0.523. The van der Waals surface area contributed by atoms with E-state index in [0.29, 0.717) is 0 Å². The van der Waals surface area contributed by atoms with E-state index >= 15 is 0 Å². The Morgan fingerprint density at radius 2 is 1.81 bits per heavy atom. The highest BCUT2D eigenvalue weighted by Gasteiger charge is 2.24. The van der Waals surface area contributed by atoms with Gasteiger partial charge >= 0.3 is 0 Å². The molecule has 1 N–H and O–H groups in total. The number of nitrogens with one attached hydrogen (secondary N) is 1. The molecule has 0 aliphatic carbocycles. The minimum Gasteiger partial charge on any atom is -0.379 e. The van der Waals surface area contributed by atoms with Crippen molar-refractivity contribution in [2.45, 2.75) is 26.4 Å². The number of aryl methyl sites for hydroxylation is 1. The third-order valence-corrected chi connectivity index (χ3v) is 6.25. The lowest BCUT2D eigenvalue weighted by Crippen LogP contribution is -2.52. The van der Waals surface area contributed by atoms with E-state index in [1.165, 1.54) is 11.1 Å². The van der Waals surface area contributed by atoms with Crippen LogP contribution < -0.4 is 5.32 Å². The second kappa shape index (κ2) is 11.4. The Morgan fingerprint density at radius 3 is 2.47 bits per heavy atom. The monoisotopic (exact) mass is 440 g/mol. The molecule has 32 heavy (non-hydrogen) atoms. The van der Waals surface area contributed by atoms with Gasteiger partial charge in [-0.2, -0.15) is 0 Å². The first-order valence-corrected chi connectivity index (χ1v) is 11.8. The van der Waals surface area contributed by atoms with Crippen LogP contribution in [0.3, 0.4) is 0 Å². The summed E-state index contributed by atoms with van der Waals surface area (Å²) in [6.07, 6.45) is 1.64. The number of guanidine groups is 1. The summed E-state index contributed by atoms with van der Waals surface area (Å²) in [6, 6.07) is 11.1. The van der Waals surface area contributed by atoms with Crippen molar-refractivity contribution >= 4 is 5.96 Å². The highest BCUT2D eigenvalue weighted by atomic mass is 16.5. The minimum absolute atomic E-state index is 0.265.